The number of carboxylic acid groups (broad SMARTS) is 1. The summed E-state index contributed by atoms with van der Waals surface area (Å²) in [7, 11) is 1.53. The Morgan fingerprint density at radius 1 is 1.38 bits per heavy atom. The number of carbonyl (C=O) groups is 1. The molecule has 0 bridgehead atoms. The van der Waals surface area contributed by atoms with Crippen LogP contribution in [-0.2, 0) is 9.53 Å². The van der Waals surface area contributed by atoms with Crippen molar-refractivity contribution in [2.24, 2.45) is 11.3 Å². The lowest BCUT2D eigenvalue weighted by Gasteiger charge is -2.29. The molecule has 0 amide bonds. The minimum atomic E-state index is -0.782. The summed E-state index contributed by atoms with van der Waals surface area (Å²) in [6.45, 7) is 0. The third-order valence-corrected chi connectivity index (χ3v) is 4.33. The molecule has 0 aromatic rings. The van der Waals surface area contributed by atoms with E-state index in [9.17, 15) is 4.79 Å². The zero-order valence-corrected chi connectivity index (χ0v) is 10.1. The second kappa shape index (κ2) is 4.74. The molecule has 0 radical (unpaired) electrons. The van der Waals surface area contributed by atoms with Gasteiger partial charge in [0.05, 0.1) is 0 Å². The maximum absolute atomic E-state index is 11.1. The highest BCUT2D eigenvalue weighted by Crippen LogP contribution is 2.55. The summed E-state index contributed by atoms with van der Waals surface area (Å²) in [5.41, 5.74) is -0.0252. The Kier molecular flexibility index (Phi) is 3.53. The lowest BCUT2D eigenvalue weighted by Crippen LogP contribution is -2.34. The topological polar surface area (TPSA) is 46.5 Å². The quantitative estimate of drug-likeness (QED) is 0.784. The lowest BCUT2D eigenvalue weighted by molar-refractivity contribution is -0.153. The molecular formula is C13H22O3. The Balaban J connectivity index is 1.93. The average Bonchev–Trinajstić information content (AvgIpc) is 3.00. The van der Waals surface area contributed by atoms with Crippen LogP contribution in [0.1, 0.15) is 51.4 Å². The first-order chi connectivity index (χ1) is 7.68. The molecule has 1 unspecified atom stereocenters. The van der Waals surface area contributed by atoms with Crippen LogP contribution in [0.4, 0.5) is 0 Å². The van der Waals surface area contributed by atoms with Crippen LogP contribution in [0.5, 0.6) is 0 Å². The zero-order valence-electron chi connectivity index (χ0n) is 10.1. The highest BCUT2D eigenvalue weighted by atomic mass is 16.5. The molecule has 1 N–H and O–H groups in total. The number of ether oxygens (including phenoxy) is 1. The zero-order chi connectivity index (χ0) is 11.6. The normalized spacial score (nSPS) is 26.3. The van der Waals surface area contributed by atoms with E-state index in [2.05, 4.69) is 0 Å². The molecule has 0 saturated heterocycles. The van der Waals surface area contributed by atoms with Crippen molar-refractivity contribution in [3.63, 3.8) is 0 Å². The number of carboxylic acids is 1. The van der Waals surface area contributed by atoms with Gasteiger partial charge in [-0.05, 0) is 25.2 Å². The lowest BCUT2D eigenvalue weighted by atomic mass is 9.79. The summed E-state index contributed by atoms with van der Waals surface area (Å²) in [5.74, 6) is -0.0379. The Morgan fingerprint density at radius 3 is 2.44 bits per heavy atom. The molecule has 2 saturated carbocycles. The van der Waals surface area contributed by atoms with Crippen molar-refractivity contribution in [3.8, 4) is 0 Å². The van der Waals surface area contributed by atoms with E-state index in [-0.39, 0.29) is 5.41 Å². The van der Waals surface area contributed by atoms with Crippen molar-refractivity contribution in [2.75, 3.05) is 7.11 Å². The molecule has 3 nitrogen and oxygen atoms in total. The smallest absolute Gasteiger partial charge is 0.333 e. The number of methoxy groups -OCH3 is 1. The van der Waals surface area contributed by atoms with E-state index in [1.165, 1.54) is 39.2 Å². The molecule has 0 aliphatic heterocycles. The molecule has 2 fully saturated rings. The predicted molar refractivity (Wildman–Crippen MR) is 61.3 cm³/mol. The summed E-state index contributed by atoms with van der Waals surface area (Å²) < 4.78 is 5.18. The van der Waals surface area contributed by atoms with Gasteiger partial charge in [-0.15, -0.1) is 0 Å². The average molecular weight is 226 g/mol. The molecule has 2 aliphatic carbocycles. The van der Waals surface area contributed by atoms with Crippen LogP contribution in [0.3, 0.4) is 0 Å². The SMILES string of the molecule is COC(C(=O)O)C1(CC2CCCCC2)CC1. The fourth-order valence-electron chi connectivity index (χ4n) is 3.31. The van der Waals surface area contributed by atoms with Crippen molar-refractivity contribution in [1.29, 1.82) is 0 Å². The molecule has 2 rings (SSSR count). The number of aliphatic carboxylic acids is 1. The summed E-state index contributed by atoms with van der Waals surface area (Å²) in [6, 6.07) is 0. The highest BCUT2D eigenvalue weighted by molar-refractivity contribution is 5.74. The van der Waals surface area contributed by atoms with Gasteiger partial charge in [-0.1, -0.05) is 32.1 Å². The van der Waals surface area contributed by atoms with Crippen molar-refractivity contribution in [1.82, 2.24) is 0 Å². The van der Waals surface area contributed by atoms with Gasteiger partial charge in [0.15, 0.2) is 6.10 Å². The molecule has 0 spiro atoms. The third kappa shape index (κ3) is 2.40. The van der Waals surface area contributed by atoms with Crippen LogP contribution >= 0.6 is 0 Å². The second-order valence-corrected chi connectivity index (χ2v) is 5.52. The molecule has 3 heteroatoms. The van der Waals surface area contributed by atoms with Gasteiger partial charge in [0.25, 0.3) is 0 Å². The molecular weight excluding hydrogens is 204 g/mol. The number of hydrogen-bond donors (Lipinski definition) is 1. The van der Waals surface area contributed by atoms with Crippen LogP contribution in [0, 0.1) is 11.3 Å². The standard InChI is InChI=1S/C13H22O3/c1-16-11(12(14)15)13(7-8-13)9-10-5-3-2-4-6-10/h10-11H,2-9H2,1H3,(H,14,15). The maximum atomic E-state index is 11.1. The first kappa shape index (κ1) is 11.9. The van der Waals surface area contributed by atoms with Gasteiger partial charge in [-0.25, -0.2) is 4.79 Å². The van der Waals surface area contributed by atoms with E-state index >= 15 is 0 Å². The summed E-state index contributed by atoms with van der Waals surface area (Å²) in [4.78, 5) is 11.1. The largest absolute Gasteiger partial charge is 0.479 e. The number of hydrogen-bond acceptors (Lipinski definition) is 2. The minimum absolute atomic E-state index is 0.0252. The molecule has 16 heavy (non-hydrogen) atoms. The fourth-order valence-corrected chi connectivity index (χ4v) is 3.31. The Morgan fingerprint density at radius 2 is 2.00 bits per heavy atom. The molecule has 0 heterocycles. The van der Waals surface area contributed by atoms with Crippen molar-refractivity contribution in [2.45, 2.75) is 57.5 Å². The maximum Gasteiger partial charge on any atom is 0.333 e. The Labute approximate surface area is 97.2 Å². The predicted octanol–water partition coefficient (Wildman–Crippen LogP) is 2.84. The first-order valence-electron chi connectivity index (χ1n) is 6.43. The molecule has 2 aliphatic rings. The van der Waals surface area contributed by atoms with Crippen LogP contribution < -0.4 is 0 Å². The van der Waals surface area contributed by atoms with Crippen molar-refractivity contribution < 1.29 is 14.6 Å². The van der Waals surface area contributed by atoms with Gasteiger partial charge in [0.2, 0.25) is 0 Å². The van der Waals surface area contributed by atoms with E-state index in [1.807, 2.05) is 0 Å². The minimum Gasteiger partial charge on any atom is -0.479 e. The van der Waals surface area contributed by atoms with Crippen LogP contribution in [0.2, 0.25) is 0 Å². The van der Waals surface area contributed by atoms with Crippen molar-refractivity contribution >= 4 is 5.97 Å². The second-order valence-electron chi connectivity index (χ2n) is 5.52. The summed E-state index contributed by atoms with van der Waals surface area (Å²) in [5, 5.41) is 9.15. The van der Waals surface area contributed by atoms with E-state index in [1.54, 1.807) is 0 Å². The van der Waals surface area contributed by atoms with Gasteiger partial charge < -0.3 is 9.84 Å². The third-order valence-electron chi connectivity index (χ3n) is 4.33. The van der Waals surface area contributed by atoms with Crippen LogP contribution in [-0.4, -0.2) is 24.3 Å². The number of rotatable bonds is 5. The Bertz CT molecular complexity index is 252. The fraction of sp³-hybridized carbons (Fsp3) is 0.923. The Hall–Kier alpha value is -0.570. The molecule has 0 aromatic carbocycles. The van der Waals surface area contributed by atoms with Gasteiger partial charge in [0, 0.05) is 12.5 Å². The van der Waals surface area contributed by atoms with Crippen molar-refractivity contribution in [3.05, 3.63) is 0 Å². The molecule has 92 valence electrons. The van der Waals surface area contributed by atoms with Gasteiger partial charge >= 0.3 is 5.97 Å². The van der Waals surface area contributed by atoms with Crippen LogP contribution in [0.25, 0.3) is 0 Å². The molecule has 1 atom stereocenters. The highest BCUT2D eigenvalue weighted by Gasteiger charge is 2.53. The summed E-state index contributed by atoms with van der Waals surface area (Å²) in [6.07, 6.45) is 9.15. The summed E-state index contributed by atoms with van der Waals surface area (Å²) >= 11 is 0. The van der Waals surface area contributed by atoms with E-state index < -0.39 is 12.1 Å². The van der Waals surface area contributed by atoms with Gasteiger partial charge in [-0.2, -0.15) is 0 Å². The van der Waals surface area contributed by atoms with Gasteiger partial charge in [0.1, 0.15) is 0 Å². The molecule has 0 aromatic heterocycles. The van der Waals surface area contributed by atoms with E-state index in [4.69, 9.17) is 9.84 Å². The van der Waals surface area contributed by atoms with E-state index in [0.29, 0.717) is 0 Å². The van der Waals surface area contributed by atoms with Crippen LogP contribution in [0.15, 0.2) is 0 Å². The monoisotopic (exact) mass is 226 g/mol. The first-order valence-corrected chi connectivity index (χ1v) is 6.43. The van der Waals surface area contributed by atoms with Gasteiger partial charge in [-0.3, -0.25) is 0 Å². The van der Waals surface area contributed by atoms with E-state index in [0.717, 1.165) is 25.2 Å².